The van der Waals surface area contributed by atoms with Gasteiger partial charge in [-0.25, -0.2) is 4.79 Å². The second-order valence-electron chi connectivity index (χ2n) is 7.99. The van der Waals surface area contributed by atoms with Crippen molar-refractivity contribution < 1.29 is 9.53 Å². The van der Waals surface area contributed by atoms with Gasteiger partial charge in [0.15, 0.2) is 0 Å². The number of amides is 1. The van der Waals surface area contributed by atoms with Crippen molar-refractivity contribution in [3.8, 4) is 0 Å². The molecule has 4 nitrogen and oxygen atoms in total. The maximum absolute atomic E-state index is 12.6. The highest BCUT2D eigenvalue weighted by molar-refractivity contribution is 9.10. The molecule has 0 aromatic heterocycles. The summed E-state index contributed by atoms with van der Waals surface area (Å²) in [6.07, 6.45) is 4.80. The van der Waals surface area contributed by atoms with Gasteiger partial charge in [-0.05, 0) is 48.1 Å². The van der Waals surface area contributed by atoms with Crippen molar-refractivity contribution in [1.82, 2.24) is 5.32 Å². The Hall–Kier alpha value is -2.01. The molecule has 5 heteroatoms. The Balaban J connectivity index is 1.46. The molecule has 2 aromatic rings. The van der Waals surface area contributed by atoms with E-state index in [4.69, 9.17) is 4.74 Å². The third-order valence-corrected chi connectivity index (χ3v) is 6.70. The number of nitrogens with one attached hydrogen (secondary N) is 2. The summed E-state index contributed by atoms with van der Waals surface area (Å²) in [7, 11) is 0. The summed E-state index contributed by atoms with van der Waals surface area (Å²) in [6.45, 7) is 2.51. The Kier molecular flexibility index (Phi) is 5.90. The Labute approximate surface area is 175 Å². The molecule has 1 amide bonds. The summed E-state index contributed by atoms with van der Waals surface area (Å²) in [5, 5.41) is 6.91. The lowest BCUT2D eigenvalue weighted by molar-refractivity contribution is 0.129. The van der Waals surface area contributed by atoms with E-state index in [0.717, 1.165) is 21.3 Å². The molecule has 1 fully saturated rings. The Morgan fingerprint density at radius 1 is 1.14 bits per heavy atom. The molecule has 2 aromatic carbocycles. The second kappa shape index (κ2) is 8.56. The van der Waals surface area contributed by atoms with Gasteiger partial charge >= 0.3 is 6.09 Å². The number of carbonyl (C=O) groups is 1. The first-order valence-electron chi connectivity index (χ1n) is 10.1. The van der Waals surface area contributed by atoms with Crippen LogP contribution in [0.4, 0.5) is 10.5 Å². The van der Waals surface area contributed by atoms with Gasteiger partial charge in [-0.1, -0.05) is 66.0 Å². The zero-order valence-corrected chi connectivity index (χ0v) is 17.7. The number of para-hydroxylation sites is 1. The predicted molar refractivity (Wildman–Crippen MR) is 115 cm³/mol. The lowest BCUT2D eigenvalue weighted by atomic mass is 9.77. The van der Waals surface area contributed by atoms with E-state index in [1.807, 2.05) is 30.3 Å². The van der Waals surface area contributed by atoms with Gasteiger partial charge in [-0.2, -0.15) is 0 Å². The standard InChI is InChI=1S/C23H27BrN2O2/c1-15-21(17-6-2-3-7-17)25-20-9-5-4-8-19(20)22(15)26-23(27)28-14-16-10-12-18(24)13-11-16/h4-5,8-13,15,17,21-22,25H,2-3,6-7,14H2,1H3,(H,26,27)/t15-,21+,22+/m0/s1. The fourth-order valence-electron chi connectivity index (χ4n) is 4.67. The fourth-order valence-corrected chi connectivity index (χ4v) is 4.94. The number of alkyl carbamates (subject to hydrolysis) is 1. The van der Waals surface area contributed by atoms with Crippen LogP contribution in [0, 0.1) is 11.8 Å². The number of benzene rings is 2. The number of ether oxygens (including phenoxy) is 1. The molecule has 0 bridgehead atoms. The maximum Gasteiger partial charge on any atom is 0.407 e. The van der Waals surface area contributed by atoms with Gasteiger partial charge in [-0.15, -0.1) is 0 Å². The molecule has 0 radical (unpaired) electrons. The van der Waals surface area contributed by atoms with Crippen LogP contribution in [0.1, 0.15) is 49.8 Å². The van der Waals surface area contributed by atoms with E-state index in [1.165, 1.54) is 25.7 Å². The third kappa shape index (κ3) is 4.19. The van der Waals surface area contributed by atoms with Crippen LogP contribution in [0.5, 0.6) is 0 Å². The molecule has 1 heterocycles. The van der Waals surface area contributed by atoms with Crippen molar-refractivity contribution >= 4 is 27.7 Å². The van der Waals surface area contributed by atoms with Crippen molar-refractivity contribution in [1.29, 1.82) is 0 Å². The van der Waals surface area contributed by atoms with Gasteiger partial charge in [0.2, 0.25) is 0 Å². The molecule has 1 saturated carbocycles. The first-order valence-corrected chi connectivity index (χ1v) is 10.9. The lowest BCUT2D eigenvalue weighted by Gasteiger charge is -2.41. The smallest absolute Gasteiger partial charge is 0.407 e. The van der Waals surface area contributed by atoms with Crippen LogP contribution in [0.3, 0.4) is 0 Å². The minimum atomic E-state index is -0.360. The van der Waals surface area contributed by atoms with Gasteiger partial charge in [0.25, 0.3) is 0 Å². The Morgan fingerprint density at radius 3 is 2.61 bits per heavy atom. The van der Waals surface area contributed by atoms with E-state index in [1.54, 1.807) is 0 Å². The van der Waals surface area contributed by atoms with Crippen molar-refractivity contribution in [3.05, 3.63) is 64.1 Å². The lowest BCUT2D eigenvalue weighted by Crippen LogP contribution is -2.46. The largest absolute Gasteiger partial charge is 0.445 e. The highest BCUT2D eigenvalue weighted by Gasteiger charge is 2.39. The highest BCUT2D eigenvalue weighted by atomic mass is 79.9. The molecule has 4 rings (SSSR count). The van der Waals surface area contributed by atoms with E-state index >= 15 is 0 Å². The van der Waals surface area contributed by atoms with E-state index in [0.29, 0.717) is 17.9 Å². The van der Waals surface area contributed by atoms with Gasteiger partial charge in [0.1, 0.15) is 6.61 Å². The summed E-state index contributed by atoms with van der Waals surface area (Å²) >= 11 is 3.42. The maximum atomic E-state index is 12.6. The molecule has 0 saturated heterocycles. The number of halogens is 1. The quantitative estimate of drug-likeness (QED) is 0.606. The van der Waals surface area contributed by atoms with Crippen LogP contribution in [0.2, 0.25) is 0 Å². The predicted octanol–water partition coefficient (Wildman–Crippen LogP) is 6.04. The average molecular weight is 443 g/mol. The van der Waals surface area contributed by atoms with E-state index in [-0.39, 0.29) is 18.7 Å². The molecular formula is C23H27BrN2O2. The van der Waals surface area contributed by atoms with Crippen molar-refractivity contribution in [2.45, 2.75) is 51.3 Å². The number of hydrogen-bond donors (Lipinski definition) is 2. The zero-order chi connectivity index (χ0) is 19.5. The van der Waals surface area contributed by atoms with Gasteiger partial charge in [0, 0.05) is 22.1 Å². The molecular weight excluding hydrogens is 416 g/mol. The molecule has 28 heavy (non-hydrogen) atoms. The summed E-state index contributed by atoms with van der Waals surface area (Å²) < 4.78 is 6.52. The van der Waals surface area contributed by atoms with Crippen LogP contribution in [-0.2, 0) is 11.3 Å². The summed E-state index contributed by atoms with van der Waals surface area (Å²) in [6, 6.07) is 16.5. The van der Waals surface area contributed by atoms with Crippen molar-refractivity contribution in [3.63, 3.8) is 0 Å². The summed E-state index contributed by atoms with van der Waals surface area (Å²) in [5.41, 5.74) is 3.25. The highest BCUT2D eigenvalue weighted by Crippen LogP contribution is 2.42. The number of hydrogen-bond acceptors (Lipinski definition) is 3. The molecule has 148 valence electrons. The molecule has 1 aliphatic carbocycles. The van der Waals surface area contributed by atoms with Crippen LogP contribution in [0.15, 0.2) is 53.0 Å². The van der Waals surface area contributed by atoms with Crippen molar-refractivity contribution in [2.75, 3.05) is 5.32 Å². The minimum Gasteiger partial charge on any atom is -0.445 e. The second-order valence-corrected chi connectivity index (χ2v) is 8.90. The van der Waals surface area contributed by atoms with Gasteiger partial charge in [0.05, 0.1) is 6.04 Å². The van der Waals surface area contributed by atoms with Crippen LogP contribution in [-0.4, -0.2) is 12.1 Å². The third-order valence-electron chi connectivity index (χ3n) is 6.17. The number of fused-ring (bicyclic) bond motifs is 1. The van der Waals surface area contributed by atoms with E-state index in [9.17, 15) is 4.79 Å². The van der Waals surface area contributed by atoms with Gasteiger partial charge in [-0.3, -0.25) is 0 Å². The zero-order valence-electron chi connectivity index (χ0n) is 16.2. The SMILES string of the molecule is C[C@@H]1[C@@H](NC(=O)OCc2ccc(Br)cc2)c2ccccc2N[C@H]1C1CCCC1. The monoisotopic (exact) mass is 442 g/mol. The number of rotatable bonds is 4. The summed E-state index contributed by atoms with van der Waals surface area (Å²) in [5.74, 6) is 0.977. The Bertz CT molecular complexity index is 818. The van der Waals surface area contributed by atoms with Crippen LogP contribution in [0.25, 0.3) is 0 Å². The van der Waals surface area contributed by atoms with E-state index < -0.39 is 0 Å². The normalized spacial score (nSPS) is 24.3. The molecule has 3 atom stereocenters. The first-order chi connectivity index (χ1) is 13.6. The number of anilines is 1. The number of carbonyl (C=O) groups excluding carboxylic acids is 1. The van der Waals surface area contributed by atoms with Crippen LogP contribution < -0.4 is 10.6 Å². The summed E-state index contributed by atoms with van der Waals surface area (Å²) in [4.78, 5) is 12.6. The molecule has 0 spiro atoms. The van der Waals surface area contributed by atoms with Crippen molar-refractivity contribution in [2.24, 2.45) is 11.8 Å². The molecule has 0 unspecified atom stereocenters. The first kappa shape index (κ1) is 19.3. The van der Waals surface area contributed by atoms with E-state index in [2.05, 4.69) is 51.7 Å². The Morgan fingerprint density at radius 2 is 1.86 bits per heavy atom. The average Bonchev–Trinajstić information content (AvgIpc) is 3.24. The molecule has 2 N–H and O–H groups in total. The van der Waals surface area contributed by atoms with Gasteiger partial charge < -0.3 is 15.4 Å². The minimum absolute atomic E-state index is 0.0412. The van der Waals surface area contributed by atoms with Crippen LogP contribution >= 0.6 is 15.9 Å². The molecule has 1 aliphatic heterocycles. The topological polar surface area (TPSA) is 50.4 Å². The molecule has 2 aliphatic rings. The fraction of sp³-hybridized carbons (Fsp3) is 0.435.